The van der Waals surface area contributed by atoms with Gasteiger partial charge in [0.25, 0.3) is 0 Å². The summed E-state index contributed by atoms with van der Waals surface area (Å²) >= 11 is 0. The quantitative estimate of drug-likeness (QED) is 0.249. The number of epoxide rings is 1. The molecule has 1 heterocycles. The first-order valence-corrected chi connectivity index (χ1v) is 14.1. The molecule has 0 amide bonds. The number of rotatable bonds is 5. The molecule has 1 spiro atoms. The Balaban J connectivity index is 1.34. The van der Waals surface area contributed by atoms with Crippen LogP contribution in [0.1, 0.15) is 99.8 Å². The molecule has 5 fully saturated rings. The summed E-state index contributed by atoms with van der Waals surface area (Å²) in [6.45, 7) is 16.2. The fourth-order valence-electron chi connectivity index (χ4n) is 9.57. The van der Waals surface area contributed by atoms with Crippen LogP contribution in [0.25, 0.3) is 0 Å². The lowest BCUT2D eigenvalue weighted by Gasteiger charge is -2.59. The summed E-state index contributed by atoms with van der Waals surface area (Å²) < 4.78 is 12.5. The first-order valence-electron chi connectivity index (χ1n) is 14.1. The first-order chi connectivity index (χ1) is 15.5. The standard InChI is InChI=1S/C30H48O3/c1-18(2)19(3)8-9-20(4)24-10-11-25-29(24,7)15-13-26-28(6)14-12-23(32-21(5)31)16-22(28)17-27-30(25,26)33-27/h8-9,18-20,22-27H,10-17H2,1-7H3/b9-8+/t19-,20+,22+,23+,24+,25+,26-,27+,28-,29+,30-/m0/s1. The van der Waals surface area contributed by atoms with E-state index in [0.717, 1.165) is 24.7 Å². The van der Waals surface area contributed by atoms with Crippen LogP contribution >= 0.6 is 0 Å². The van der Waals surface area contributed by atoms with Crippen LogP contribution in [-0.4, -0.2) is 23.8 Å². The highest BCUT2D eigenvalue weighted by Gasteiger charge is 2.78. The molecule has 0 aromatic rings. The molecule has 0 aromatic carbocycles. The lowest BCUT2D eigenvalue weighted by Crippen LogP contribution is -2.59. The Bertz CT molecular complexity index is 802. The van der Waals surface area contributed by atoms with Gasteiger partial charge in [-0.05, 0) is 104 Å². The van der Waals surface area contributed by atoms with E-state index in [1.54, 1.807) is 6.92 Å². The summed E-state index contributed by atoms with van der Waals surface area (Å²) in [5, 5.41) is 0. The van der Waals surface area contributed by atoms with E-state index < -0.39 is 0 Å². The summed E-state index contributed by atoms with van der Waals surface area (Å²) in [5.74, 6) is 4.73. The van der Waals surface area contributed by atoms with Gasteiger partial charge in [0, 0.05) is 6.92 Å². The van der Waals surface area contributed by atoms with Crippen molar-refractivity contribution in [3.8, 4) is 0 Å². The van der Waals surface area contributed by atoms with Crippen LogP contribution in [0.2, 0.25) is 0 Å². The fourth-order valence-corrected chi connectivity index (χ4v) is 9.57. The summed E-state index contributed by atoms with van der Waals surface area (Å²) in [6, 6.07) is 0. The number of hydrogen-bond acceptors (Lipinski definition) is 3. The minimum Gasteiger partial charge on any atom is -0.463 e. The van der Waals surface area contributed by atoms with Gasteiger partial charge in [0.15, 0.2) is 0 Å². The van der Waals surface area contributed by atoms with E-state index in [1.807, 2.05) is 0 Å². The molecule has 11 atom stereocenters. The Morgan fingerprint density at radius 1 is 0.939 bits per heavy atom. The van der Waals surface area contributed by atoms with Crippen LogP contribution in [0.15, 0.2) is 12.2 Å². The third-order valence-electron chi connectivity index (χ3n) is 11.8. The molecule has 5 aliphatic rings. The highest BCUT2D eigenvalue weighted by molar-refractivity contribution is 5.66. The normalized spacial score (nSPS) is 50.2. The van der Waals surface area contributed by atoms with Gasteiger partial charge in [-0.1, -0.05) is 53.7 Å². The molecule has 0 aromatic heterocycles. The van der Waals surface area contributed by atoms with Crippen LogP contribution in [-0.2, 0) is 14.3 Å². The van der Waals surface area contributed by atoms with Crippen molar-refractivity contribution in [3.63, 3.8) is 0 Å². The Labute approximate surface area is 202 Å². The molecule has 3 heteroatoms. The van der Waals surface area contributed by atoms with Gasteiger partial charge in [-0.3, -0.25) is 4.79 Å². The van der Waals surface area contributed by atoms with Gasteiger partial charge >= 0.3 is 5.97 Å². The highest BCUT2D eigenvalue weighted by Crippen LogP contribution is 2.76. The lowest BCUT2D eigenvalue weighted by molar-refractivity contribution is -0.157. The first kappa shape index (κ1) is 23.9. The Morgan fingerprint density at radius 3 is 2.33 bits per heavy atom. The third kappa shape index (κ3) is 3.57. The van der Waals surface area contributed by atoms with Crippen molar-refractivity contribution in [2.24, 2.45) is 52.3 Å². The number of allylic oxidation sites excluding steroid dienone is 2. The number of carbonyl (C=O) groups excluding carboxylic acids is 1. The Hall–Kier alpha value is -0.830. The maximum absolute atomic E-state index is 11.6. The molecule has 186 valence electrons. The molecule has 1 aliphatic heterocycles. The van der Waals surface area contributed by atoms with E-state index in [-0.39, 0.29) is 17.7 Å². The van der Waals surface area contributed by atoms with E-state index >= 15 is 0 Å². The van der Waals surface area contributed by atoms with Crippen molar-refractivity contribution >= 4 is 5.97 Å². The van der Waals surface area contributed by atoms with Gasteiger partial charge in [-0.2, -0.15) is 0 Å². The van der Waals surface area contributed by atoms with Crippen LogP contribution < -0.4 is 0 Å². The molecular formula is C30H48O3. The van der Waals surface area contributed by atoms with E-state index in [0.29, 0.717) is 46.5 Å². The second-order valence-electron chi connectivity index (χ2n) is 13.6. The van der Waals surface area contributed by atoms with Gasteiger partial charge in [0.05, 0.1) is 6.10 Å². The zero-order chi connectivity index (χ0) is 23.8. The minimum atomic E-state index is -0.118. The summed E-state index contributed by atoms with van der Waals surface area (Å²) in [7, 11) is 0. The van der Waals surface area contributed by atoms with Crippen molar-refractivity contribution in [1.29, 1.82) is 0 Å². The SMILES string of the molecule is CC(=O)O[C@@H]1CC[C@@]2(C)[C@H](C1)C[C@H]1O[C@]13[C@@H]1CC[C@H]([C@H](C)/C=C/[C@H](C)C(C)C)[C@@]1(C)CC[C@@H]23. The number of fused-ring (bicyclic) bond motifs is 3. The molecule has 4 saturated carbocycles. The van der Waals surface area contributed by atoms with Crippen molar-refractivity contribution < 1.29 is 14.3 Å². The average molecular weight is 457 g/mol. The number of esters is 1. The van der Waals surface area contributed by atoms with Crippen molar-refractivity contribution in [3.05, 3.63) is 12.2 Å². The monoisotopic (exact) mass is 456 g/mol. The largest absolute Gasteiger partial charge is 0.463 e. The maximum Gasteiger partial charge on any atom is 0.302 e. The fraction of sp³-hybridized carbons (Fsp3) is 0.900. The second kappa shape index (κ2) is 8.10. The molecule has 5 rings (SSSR count). The molecule has 33 heavy (non-hydrogen) atoms. The summed E-state index contributed by atoms with van der Waals surface area (Å²) in [6.07, 6.45) is 15.5. The number of ether oxygens (including phenoxy) is 2. The van der Waals surface area contributed by atoms with Crippen LogP contribution in [0.3, 0.4) is 0 Å². The maximum atomic E-state index is 11.6. The molecular weight excluding hydrogens is 408 g/mol. The number of hydrogen-bond donors (Lipinski definition) is 0. The van der Waals surface area contributed by atoms with E-state index in [2.05, 4.69) is 53.7 Å². The molecule has 0 N–H and O–H groups in total. The van der Waals surface area contributed by atoms with Gasteiger partial charge in [0.2, 0.25) is 0 Å². The van der Waals surface area contributed by atoms with E-state index in [4.69, 9.17) is 9.47 Å². The Morgan fingerprint density at radius 2 is 1.64 bits per heavy atom. The van der Waals surface area contributed by atoms with Crippen LogP contribution in [0, 0.1) is 52.3 Å². The second-order valence-corrected chi connectivity index (χ2v) is 13.6. The van der Waals surface area contributed by atoms with E-state index in [9.17, 15) is 4.79 Å². The predicted octanol–water partition coefficient (Wildman–Crippen LogP) is 7.19. The molecule has 3 nitrogen and oxygen atoms in total. The predicted molar refractivity (Wildman–Crippen MR) is 133 cm³/mol. The lowest BCUT2D eigenvalue weighted by atomic mass is 9.44. The minimum absolute atomic E-state index is 0.118. The van der Waals surface area contributed by atoms with Crippen molar-refractivity contribution in [2.45, 2.75) is 118 Å². The third-order valence-corrected chi connectivity index (χ3v) is 11.8. The topological polar surface area (TPSA) is 38.8 Å². The summed E-state index contributed by atoms with van der Waals surface area (Å²) in [4.78, 5) is 11.6. The van der Waals surface area contributed by atoms with Gasteiger partial charge in [0.1, 0.15) is 11.7 Å². The van der Waals surface area contributed by atoms with Crippen molar-refractivity contribution in [2.75, 3.05) is 0 Å². The zero-order valence-electron chi connectivity index (χ0n) is 22.2. The smallest absolute Gasteiger partial charge is 0.302 e. The molecule has 1 saturated heterocycles. The van der Waals surface area contributed by atoms with Gasteiger partial charge in [-0.25, -0.2) is 0 Å². The number of carbonyl (C=O) groups is 1. The van der Waals surface area contributed by atoms with Crippen LogP contribution in [0.4, 0.5) is 0 Å². The molecule has 4 aliphatic carbocycles. The average Bonchev–Trinajstić information content (AvgIpc) is 3.32. The van der Waals surface area contributed by atoms with Crippen LogP contribution in [0.5, 0.6) is 0 Å². The van der Waals surface area contributed by atoms with Gasteiger partial charge < -0.3 is 9.47 Å². The zero-order valence-corrected chi connectivity index (χ0v) is 22.2. The van der Waals surface area contributed by atoms with Gasteiger partial charge in [-0.15, -0.1) is 0 Å². The van der Waals surface area contributed by atoms with Crippen molar-refractivity contribution in [1.82, 2.24) is 0 Å². The molecule has 0 radical (unpaired) electrons. The molecule has 0 bridgehead atoms. The Kier molecular flexibility index (Phi) is 5.87. The highest BCUT2D eigenvalue weighted by atomic mass is 16.6. The summed E-state index contributed by atoms with van der Waals surface area (Å²) in [5.41, 5.74) is 0.908. The molecule has 0 unspecified atom stereocenters. The van der Waals surface area contributed by atoms with E-state index in [1.165, 1.54) is 38.5 Å².